The second kappa shape index (κ2) is 9.41. The molecule has 2 aromatic carbocycles. The van der Waals surface area contributed by atoms with Crippen LogP contribution >= 0.6 is 47.0 Å². The molecule has 0 unspecified atom stereocenters. The van der Waals surface area contributed by atoms with E-state index in [0.717, 1.165) is 0 Å². The summed E-state index contributed by atoms with van der Waals surface area (Å²) in [5.41, 5.74) is 0.784. The Hall–Kier alpha value is -1.80. The largest absolute Gasteiger partial charge is 0.496 e. The summed E-state index contributed by atoms with van der Waals surface area (Å²) < 4.78 is 16.2. The third-order valence-electron chi connectivity index (χ3n) is 3.33. The summed E-state index contributed by atoms with van der Waals surface area (Å²) in [4.78, 5) is 12.5. The molecular weight excluding hydrogens is 436 g/mol. The smallest absolute Gasteiger partial charge is 0.256 e. The van der Waals surface area contributed by atoms with Gasteiger partial charge in [-0.25, -0.2) is 4.39 Å². The van der Waals surface area contributed by atoms with E-state index in [4.69, 9.17) is 51.8 Å². The molecule has 0 saturated heterocycles. The van der Waals surface area contributed by atoms with Crippen molar-refractivity contribution in [2.45, 2.75) is 9.96 Å². The molecule has 0 bridgehead atoms. The zero-order chi connectivity index (χ0) is 20.0. The maximum absolute atomic E-state index is 13.0. The molecule has 2 rings (SSSR count). The number of carbonyl (C=O) groups excluding carboxylic acids is 1. The van der Waals surface area contributed by atoms with E-state index in [2.05, 4.69) is 16.0 Å². The number of ether oxygens (including phenoxy) is 1. The van der Waals surface area contributed by atoms with Crippen LogP contribution in [0.25, 0.3) is 0 Å². The van der Waals surface area contributed by atoms with E-state index in [1.54, 1.807) is 24.3 Å². The number of thiocarbonyl (C=S) groups is 1. The van der Waals surface area contributed by atoms with Gasteiger partial charge in [0.1, 0.15) is 17.7 Å². The van der Waals surface area contributed by atoms with Crippen molar-refractivity contribution in [3.63, 3.8) is 0 Å². The van der Waals surface area contributed by atoms with Gasteiger partial charge in [0, 0.05) is 5.69 Å². The lowest BCUT2D eigenvalue weighted by Crippen LogP contribution is -2.56. The summed E-state index contributed by atoms with van der Waals surface area (Å²) in [5, 5.41) is 8.15. The fourth-order valence-electron chi connectivity index (χ4n) is 2.07. The van der Waals surface area contributed by atoms with Crippen LogP contribution in [0.15, 0.2) is 48.5 Å². The highest BCUT2D eigenvalue weighted by Crippen LogP contribution is 2.30. The highest BCUT2D eigenvalue weighted by Gasteiger charge is 2.35. The zero-order valence-corrected chi connectivity index (χ0v) is 17.0. The lowest BCUT2D eigenvalue weighted by molar-refractivity contribution is 0.0931. The molecule has 10 heteroatoms. The van der Waals surface area contributed by atoms with Gasteiger partial charge in [0.15, 0.2) is 5.11 Å². The number of methoxy groups -OCH3 is 1. The van der Waals surface area contributed by atoms with Crippen LogP contribution in [0, 0.1) is 5.82 Å². The number of halogens is 4. The number of rotatable bonds is 5. The van der Waals surface area contributed by atoms with Crippen molar-refractivity contribution in [2.75, 3.05) is 12.4 Å². The molecule has 1 amide bonds. The van der Waals surface area contributed by atoms with Crippen LogP contribution in [0.2, 0.25) is 0 Å². The molecule has 0 aromatic heterocycles. The monoisotopic (exact) mass is 449 g/mol. The summed E-state index contributed by atoms with van der Waals surface area (Å²) in [6, 6.07) is 12.1. The molecule has 5 nitrogen and oxygen atoms in total. The standard InChI is InChI=1S/C17H15Cl3FN3O2S/c1-26-13-5-3-2-4-12(13)14(25)23-15(17(18,19)20)24-16(27)22-11-8-6-10(21)7-9-11/h2-9,15H,1H3,(H,23,25)(H2,22,24,27)/t15-/m0/s1. The molecule has 0 aliphatic heterocycles. The quantitative estimate of drug-likeness (QED) is 0.361. The molecular formula is C17H15Cl3FN3O2S. The molecule has 0 heterocycles. The Morgan fingerprint density at radius 3 is 2.33 bits per heavy atom. The van der Waals surface area contributed by atoms with Crippen LogP contribution < -0.4 is 20.7 Å². The van der Waals surface area contributed by atoms with Crippen LogP contribution in [0.1, 0.15) is 10.4 Å². The van der Waals surface area contributed by atoms with Gasteiger partial charge in [-0.1, -0.05) is 46.9 Å². The maximum Gasteiger partial charge on any atom is 0.256 e. The summed E-state index contributed by atoms with van der Waals surface area (Å²) >= 11 is 23.0. The first kappa shape index (κ1) is 21.5. The van der Waals surface area contributed by atoms with Crippen LogP contribution in [0.4, 0.5) is 10.1 Å². The van der Waals surface area contributed by atoms with Gasteiger partial charge < -0.3 is 20.7 Å². The third-order valence-corrected chi connectivity index (χ3v) is 4.21. The predicted octanol–water partition coefficient (Wildman–Crippen LogP) is 4.25. The van der Waals surface area contributed by atoms with E-state index in [1.807, 2.05) is 0 Å². The molecule has 3 N–H and O–H groups in total. The minimum Gasteiger partial charge on any atom is -0.496 e. The number of para-hydroxylation sites is 1. The van der Waals surface area contributed by atoms with Gasteiger partial charge in [0.2, 0.25) is 3.79 Å². The Balaban J connectivity index is 2.10. The summed E-state index contributed by atoms with van der Waals surface area (Å²) in [7, 11) is 1.44. The van der Waals surface area contributed by atoms with Crippen molar-refractivity contribution >= 4 is 63.7 Å². The molecule has 144 valence electrons. The van der Waals surface area contributed by atoms with Gasteiger partial charge in [0.05, 0.1) is 12.7 Å². The normalized spacial score (nSPS) is 12.0. The number of hydrogen-bond donors (Lipinski definition) is 3. The number of amides is 1. The van der Waals surface area contributed by atoms with Crippen LogP contribution in [0.3, 0.4) is 0 Å². The Morgan fingerprint density at radius 2 is 1.74 bits per heavy atom. The average molecular weight is 451 g/mol. The Labute approximate surface area is 176 Å². The van der Waals surface area contributed by atoms with Gasteiger partial charge in [-0.2, -0.15) is 0 Å². The first-order chi connectivity index (χ1) is 12.7. The molecule has 27 heavy (non-hydrogen) atoms. The molecule has 0 saturated carbocycles. The minimum absolute atomic E-state index is 0.0678. The predicted molar refractivity (Wildman–Crippen MR) is 110 cm³/mol. The first-order valence-corrected chi connectivity index (χ1v) is 9.08. The van der Waals surface area contributed by atoms with Gasteiger partial charge >= 0.3 is 0 Å². The summed E-state index contributed by atoms with van der Waals surface area (Å²) in [6.07, 6.45) is -1.15. The fraction of sp³-hybridized carbons (Fsp3) is 0.176. The number of benzene rings is 2. The summed E-state index contributed by atoms with van der Waals surface area (Å²) in [5.74, 6) is -0.548. The second-order valence-electron chi connectivity index (χ2n) is 5.25. The van der Waals surface area contributed by atoms with Gasteiger partial charge in [-0.3, -0.25) is 4.79 Å². The van der Waals surface area contributed by atoms with Crippen LogP contribution in [-0.2, 0) is 0 Å². The molecule has 0 fully saturated rings. The lowest BCUT2D eigenvalue weighted by Gasteiger charge is -2.28. The summed E-state index contributed by atoms with van der Waals surface area (Å²) in [6.45, 7) is 0. The molecule has 1 atom stereocenters. The Kier molecular flexibility index (Phi) is 7.49. The number of hydrogen-bond acceptors (Lipinski definition) is 3. The molecule has 0 radical (unpaired) electrons. The molecule has 0 aliphatic carbocycles. The van der Waals surface area contributed by atoms with Crippen molar-refractivity contribution in [1.82, 2.24) is 10.6 Å². The topological polar surface area (TPSA) is 62.4 Å². The van der Waals surface area contributed by atoms with E-state index in [9.17, 15) is 9.18 Å². The van der Waals surface area contributed by atoms with Crippen LogP contribution in [-0.4, -0.2) is 28.1 Å². The number of nitrogens with one attached hydrogen (secondary N) is 3. The van der Waals surface area contributed by atoms with Gasteiger partial charge in [-0.05, 0) is 48.6 Å². The third kappa shape index (κ3) is 6.39. The first-order valence-electron chi connectivity index (χ1n) is 7.54. The second-order valence-corrected chi connectivity index (χ2v) is 8.03. The van der Waals surface area contributed by atoms with E-state index in [1.165, 1.54) is 31.4 Å². The number of carbonyl (C=O) groups is 1. The van der Waals surface area contributed by atoms with Crippen molar-refractivity contribution in [3.05, 3.63) is 59.9 Å². The van der Waals surface area contributed by atoms with E-state index >= 15 is 0 Å². The fourth-order valence-corrected chi connectivity index (χ4v) is 2.64. The molecule has 0 spiro atoms. The van der Waals surface area contributed by atoms with Crippen molar-refractivity contribution < 1.29 is 13.9 Å². The molecule has 2 aromatic rings. The lowest BCUT2D eigenvalue weighted by atomic mass is 10.2. The number of alkyl halides is 3. The van der Waals surface area contributed by atoms with Crippen LogP contribution in [0.5, 0.6) is 5.75 Å². The highest BCUT2D eigenvalue weighted by molar-refractivity contribution is 7.80. The zero-order valence-electron chi connectivity index (χ0n) is 13.9. The van der Waals surface area contributed by atoms with E-state index in [-0.39, 0.29) is 16.5 Å². The molecule has 0 aliphatic rings. The van der Waals surface area contributed by atoms with Crippen molar-refractivity contribution in [2.24, 2.45) is 0 Å². The Morgan fingerprint density at radius 1 is 1.11 bits per heavy atom. The van der Waals surface area contributed by atoms with Gasteiger partial charge in [0.25, 0.3) is 5.91 Å². The van der Waals surface area contributed by atoms with Crippen molar-refractivity contribution in [1.29, 1.82) is 0 Å². The van der Waals surface area contributed by atoms with E-state index in [0.29, 0.717) is 11.4 Å². The maximum atomic E-state index is 13.0. The minimum atomic E-state index is -1.91. The SMILES string of the molecule is COc1ccccc1C(=O)N[C@@H](NC(=S)Nc1ccc(F)cc1)C(Cl)(Cl)Cl. The Bertz CT molecular complexity index is 816. The average Bonchev–Trinajstić information content (AvgIpc) is 2.62. The van der Waals surface area contributed by atoms with Gasteiger partial charge in [-0.15, -0.1) is 0 Å². The van der Waals surface area contributed by atoms with E-state index < -0.39 is 15.9 Å². The number of anilines is 1. The van der Waals surface area contributed by atoms with Crippen molar-refractivity contribution in [3.8, 4) is 5.75 Å². The highest BCUT2D eigenvalue weighted by atomic mass is 35.6.